The molecular formula is C31H36N6O6. The standard InChI is InChI=1S/C31H36N6O6/c1-30(2,3)42-28(40)34-16-23(18-9-7-10-19(13-18)26(32)38)27(39)36-24-12-8-11-21-22(15-33-25(21)24)20-14-35-37(17-20)29(41)43-31(4,5)6/h7-15,17,23,33H,16H2,1-6H3,(H2,32,38)(H,34,40)(H,36,39). The maximum Gasteiger partial charge on any atom is 0.435 e. The van der Waals surface area contributed by atoms with Crippen molar-refractivity contribution in [3.8, 4) is 11.1 Å². The van der Waals surface area contributed by atoms with Gasteiger partial charge in [0.15, 0.2) is 0 Å². The number of carbonyl (C=O) groups excluding carboxylic acids is 4. The number of benzene rings is 2. The number of fused-ring (bicyclic) bond motifs is 1. The highest BCUT2D eigenvalue weighted by molar-refractivity contribution is 6.07. The molecule has 4 rings (SSSR count). The van der Waals surface area contributed by atoms with E-state index in [1.54, 1.807) is 90.5 Å². The molecule has 12 nitrogen and oxygen atoms in total. The van der Waals surface area contributed by atoms with Crippen molar-refractivity contribution in [3.05, 3.63) is 72.2 Å². The largest absolute Gasteiger partial charge is 0.444 e. The average molecular weight is 589 g/mol. The maximum atomic E-state index is 13.7. The third-order valence-corrected chi connectivity index (χ3v) is 6.19. The summed E-state index contributed by atoms with van der Waals surface area (Å²) < 4.78 is 11.9. The number of alkyl carbamates (subject to hydrolysis) is 1. The summed E-state index contributed by atoms with van der Waals surface area (Å²) in [7, 11) is 0. The molecule has 0 fully saturated rings. The van der Waals surface area contributed by atoms with Crippen molar-refractivity contribution in [2.75, 3.05) is 11.9 Å². The molecule has 2 aromatic carbocycles. The summed E-state index contributed by atoms with van der Waals surface area (Å²) in [5.74, 6) is -1.96. The molecule has 1 unspecified atom stereocenters. The van der Waals surface area contributed by atoms with Gasteiger partial charge in [-0.15, -0.1) is 0 Å². The number of aromatic amines is 1. The van der Waals surface area contributed by atoms with E-state index in [1.807, 2.05) is 6.07 Å². The van der Waals surface area contributed by atoms with E-state index < -0.39 is 41.1 Å². The number of amides is 3. The van der Waals surface area contributed by atoms with Gasteiger partial charge in [0.1, 0.15) is 11.2 Å². The number of carbonyl (C=O) groups is 4. The Labute approximate surface area is 248 Å². The molecule has 0 aliphatic carbocycles. The van der Waals surface area contributed by atoms with Crippen molar-refractivity contribution in [3.63, 3.8) is 0 Å². The third-order valence-electron chi connectivity index (χ3n) is 6.19. The van der Waals surface area contributed by atoms with Crippen LogP contribution in [-0.2, 0) is 14.3 Å². The van der Waals surface area contributed by atoms with Gasteiger partial charge in [-0.2, -0.15) is 9.78 Å². The zero-order chi connectivity index (χ0) is 31.5. The van der Waals surface area contributed by atoms with E-state index in [-0.39, 0.29) is 12.1 Å². The van der Waals surface area contributed by atoms with Crippen molar-refractivity contribution < 1.29 is 28.7 Å². The number of rotatable bonds is 7. The Hall–Kier alpha value is -5.13. The first-order chi connectivity index (χ1) is 20.1. The van der Waals surface area contributed by atoms with Crippen LogP contribution in [0.1, 0.15) is 63.4 Å². The van der Waals surface area contributed by atoms with E-state index in [9.17, 15) is 19.2 Å². The molecule has 0 aliphatic heterocycles. The van der Waals surface area contributed by atoms with Gasteiger partial charge in [-0.3, -0.25) is 9.59 Å². The molecule has 2 heterocycles. The summed E-state index contributed by atoms with van der Waals surface area (Å²) in [5.41, 5.74) is 7.35. The van der Waals surface area contributed by atoms with Gasteiger partial charge >= 0.3 is 12.2 Å². The molecule has 0 spiro atoms. The van der Waals surface area contributed by atoms with Crippen LogP contribution in [0.3, 0.4) is 0 Å². The number of primary amides is 1. The molecule has 1 atom stereocenters. The number of hydrogen-bond donors (Lipinski definition) is 4. The maximum absolute atomic E-state index is 13.7. The van der Waals surface area contributed by atoms with Crippen LogP contribution >= 0.6 is 0 Å². The zero-order valence-electron chi connectivity index (χ0n) is 25.0. The first kappa shape index (κ1) is 30.8. The van der Waals surface area contributed by atoms with Gasteiger partial charge in [0.2, 0.25) is 11.8 Å². The van der Waals surface area contributed by atoms with Crippen molar-refractivity contribution in [2.24, 2.45) is 5.73 Å². The SMILES string of the molecule is CC(C)(C)OC(=O)NCC(C(=O)Nc1cccc2c(-c3cnn(C(=O)OC(C)(C)C)c3)c[nH]c12)c1cccc(C(N)=O)c1. The van der Waals surface area contributed by atoms with Crippen LogP contribution in [0, 0.1) is 0 Å². The van der Waals surface area contributed by atoms with Crippen LogP contribution in [0.25, 0.3) is 22.0 Å². The first-order valence-corrected chi connectivity index (χ1v) is 13.7. The lowest BCUT2D eigenvalue weighted by Crippen LogP contribution is -2.37. The normalized spacial score (nSPS) is 12.4. The van der Waals surface area contributed by atoms with Crippen LogP contribution in [0.15, 0.2) is 61.1 Å². The highest BCUT2D eigenvalue weighted by Crippen LogP contribution is 2.33. The Morgan fingerprint density at radius 2 is 1.70 bits per heavy atom. The van der Waals surface area contributed by atoms with Crippen molar-refractivity contribution in [1.29, 1.82) is 0 Å². The van der Waals surface area contributed by atoms with Gasteiger partial charge in [-0.1, -0.05) is 24.3 Å². The number of nitrogens with zero attached hydrogens (tertiary/aromatic N) is 2. The molecule has 0 aliphatic rings. The van der Waals surface area contributed by atoms with Crippen LogP contribution in [-0.4, -0.2) is 56.5 Å². The molecule has 0 saturated heterocycles. The second-order valence-corrected chi connectivity index (χ2v) is 12.0. The Morgan fingerprint density at radius 1 is 1.00 bits per heavy atom. The van der Waals surface area contributed by atoms with Gasteiger partial charge in [0.25, 0.3) is 0 Å². The summed E-state index contributed by atoms with van der Waals surface area (Å²) in [6.45, 7) is 10.4. The summed E-state index contributed by atoms with van der Waals surface area (Å²) in [6, 6.07) is 11.8. The molecule has 43 heavy (non-hydrogen) atoms. The predicted octanol–water partition coefficient (Wildman–Crippen LogP) is 5.16. The Balaban J connectivity index is 1.61. The Kier molecular flexibility index (Phi) is 8.60. The van der Waals surface area contributed by atoms with E-state index in [0.717, 1.165) is 15.6 Å². The number of ether oxygens (including phenoxy) is 2. The molecule has 12 heteroatoms. The lowest BCUT2D eigenvalue weighted by molar-refractivity contribution is -0.117. The molecule has 2 aromatic heterocycles. The van der Waals surface area contributed by atoms with E-state index >= 15 is 0 Å². The molecule has 0 radical (unpaired) electrons. The number of aromatic nitrogens is 3. The van der Waals surface area contributed by atoms with Crippen LogP contribution in [0.5, 0.6) is 0 Å². The molecule has 226 valence electrons. The Bertz CT molecular complexity index is 1670. The van der Waals surface area contributed by atoms with Crippen molar-refractivity contribution in [2.45, 2.75) is 58.7 Å². The number of para-hydroxylation sites is 1. The van der Waals surface area contributed by atoms with E-state index in [4.69, 9.17) is 15.2 Å². The number of nitrogens with one attached hydrogen (secondary N) is 3. The summed E-state index contributed by atoms with van der Waals surface area (Å²) in [6.07, 6.45) is 3.61. The number of nitrogens with two attached hydrogens (primary N) is 1. The fourth-order valence-corrected chi connectivity index (χ4v) is 4.36. The minimum atomic E-state index is -0.886. The van der Waals surface area contributed by atoms with Gasteiger partial charge in [-0.05, 0) is 65.3 Å². The number of anilines is 1. The fourth-order valence-electron chi connectivity index (χ4n) is 4.36. The molecule has 0 bridgehead atoms. The van der Waals surface area contributed by atoms with Crippen molar-refractivity contribution in [1.82, 2.24) is 20.1 Å². The van der Waals surface area contributed by atoms with Crippen molar-refractivity contribution >= 4 is 40.6 Å². The second-order valence-electron chi connectivity index (χ2n) is 12.0. The van der Waals surface area contributed by atoms with Crippen LogP contribution in [0.4, 0.5) is 15.3 Å². The highest BCUT2D eigenvalue weighted by Gasteiger charge is 2.25. The lowest BCUT2D eigenvalue weighted by Gasteiger charge is -2.22. The lowest BCUT2D eigenvalue weighted by atomic mass is 9.95. The average Bonchev–Trinajstić information content (AvgIpc) is 3.55. The minimum absolute atomic E-state index is 0.0984. The van der Waals surface area contributed by atoms with Crippen LogP contribution < -0.4 is 16.4 Å². The summed E-state index contributed by atoms with van der Waals surface area (Å²) >= 11 is 0. The van der Waals surface area contributed by atoms with E-state index in [2.05, 4.69) is 20.7 Å². The quantitative estimate of drug-likeness (QED) is 0.231. The van der Waals surface area contributed by atoms with E-state index in [0.29, 0.717) is 22.3 Å². The van der Waals surface area contributed by atoms with Crippen LogP contribution in [0.2, 0.25) is 0 Å². The highest BCUT2D eigenvalue weighted by atomic mass is 16.6. The number of hydrogen-bond acceptors (Lipinski definition) is 7. The number of H-pyrrole nitrogens is 1. The second kappa shape index (κ2) is 12.0. The predicted molar refractivity (Wildman–Crippen MR) is 162 cm³/mol. The van der Waals surface area contributed by atoms with Gasteiger partial charge < -0.3 is 30.8 Å². The first-order valence-electron chi connectivity index (χ1n) is 13.7. The molecule has 3 amide bonds. The topological polar surface area (TPSA) is 170 Å². The smallest absolute Gasteiger partial charge is 0.435 e. The Morgan fingerprint density at radius 3 is 2.37 bits per heavy atom. The third kappa shape index (κ3) is 7.79. The van der Waals surface area contributed by atoms with Gasteiger partial charge in [0, 0.05) is 41.0 Å². The fraction of sp³-hybridized carbons (Fsp3) is 0.323. The van der Waals surface area contributed by atoms with Gasteiger partial charge in [0.05, 0.1) is 23.3 Å². The molecule has 4 aromatic rings. The zero-order valence-corrected chi connectivity index (χ0v) is 25.0. The molecule has 0 saturated carbocycles. The summed E-state index contributed by atoms with van der Waals surface area (Å²) in [5, 5.41) is 10.5. The minimum Gasteiger partial charge on any atom is -0.444 e. The monoisotopic (exact) mass is 588 g/mol. The molecule has 5 N–H and O–H groups in total. The summed E-state index contributed by atoms with van der Waals surface area (Å²) in [4.78, 5) is 53.6. The van der Waals surface area contributed by atoms with E-state index in [1.165, 1.54) is 6.07 Å². The van der Waals surface area contributed by atoms with Gasteiger partial charge in [-0.25, -0.2) is 9.59 Å². The molecular weight excluding hydrogens is 552 g/mol.